The van der Waals surface area contributed by atoms with E-state index in [1.54, 1.807) is 18.2 Å². The van der Waals surface area contributed by atoms with Crippen molar-refractivity contribution in [3.05, 3.63) is 24.3 Å². The topological polar surface area (TPSA) is 55.8 Å². The zero-order valence-corrected chi connectivity index (χ0v) is 17.2. The minimum absolute atomic E-state index is 0.0647. The summed E-state index contributed by atoms with van der Waals surface area (Å²) in [6.45, 7) is 3.40. The fourth-order valence-electron chi connectivity index (χ4n) is 4.14. The second kappa shape index (κ2) is 10.5. The van der Waals surface area contributed by atoms with Gasteiger partial charge >= 0.3 is 5.97 Å². The van der Waals surface area contributed by atoms with Gasteiger partial charge in [0.1, 0.15) is 24.0 Å². The van der Waals surface area contributed by atoms with Gasteiger partial charge in [-0.1, -0.05) is 44.1 Å². The number of methoxy groups -OCH3 is 1. The molecular weight excluding hydrogens is 366 g/mol. The quantitative estimate of drug-likeness (QED) is 0.434. The molecule has 2 fully saturated rings. The van der Waals surface area contributed by atoms with Crippen LogP contribution in [0.3, 0.4) is 0 Å². The highest BCUT2D eigenvalue weighted by atomic mass is 19.1. The van der Waals surface area contributed by atoms with Gasteiger partial charge in [0.2, 0.25) is 0 Å². The zero-order chi connectivity index (χ0) is 20.7. The Morgan fingerprint density at radius 1 is 1.39 bits per heavy atom. The van der Waals surface area contributed by atoms with Crippen LogP contribution in [0, 0.1) is 11.8 Å². The summed E-state index contributed by atoms with van der Waals surface area (Å²) < 4.78 is 39.9. The Labute approximate surface area is 167 Å². The Morgan fingerprint density at radius 3 is 2.82 bits per heavy atom. The number of hydrogen-bond acceptors (Lipinski definition) is 4. The predicted molar refractivity (Wildman–Crippen MR) is 104 cm³/mol. The number of rotatable bonds is 10. The van der Waals surface area contributed by atoms with E-state index < -0.39 is 24.0 Å². The molecule has 1 saturated heterocycles. The average Bonchev–Trinajstić information content (AvgIpc) is 3.21. The van der Waals surface area contributed by atoms with Crippen LogP contribution in [0.1, 0.15) is 58.8 Å². The third kappa shape index (κ3) is 5.86. The monoisotopic (exact) mass is 400 g/mol. The van der Waals surface area contributed by atoms with E-state index in [4.69, 9.17) is 4.74 Å². The molecule has 1 aliphatic carbocycles. The summed E-state index contributed by atoms with van der Waals surface area (Å²) in [5.41, 5.74) is -1.67. The maximum atomic E-state index is 14.9. The van der Waals surface area contributed by atoms with E-state index in [1.165, 1.54) is 20.1 Å². The lowest BCUT2D eigenvalue weighted by Gasteiger charge is -2.25. The van der Waals surface area contributed by atoms with Crippen molar-refractivity contribution in [2.24, 2.45) is 11.8 Å². The predicted octanol–water partition coefficient (Wildman–Crippen LogP) is 4.46. The second-order valence-corrected chi connectivity index (χ2v) is 8.16. The molecule has 28 heavy (non-hydrogen) atoms. The molecule has 0 spiro atoms. The maximum absolute atomic E-state index is 14.9. The fraction of sp³-hybridized carbons (Fsp3) is 0.773. The largest absolute Gasteiger partial charge is 0.469 e. The van der Waals surface area contributed by atoms with Crippen molar-refractivity contribution < 1.29 is 28.2 Å². The molecule has 160 valence electrons. The molecule has 1 N–H and O–H groups in total. The van der Waals surface area contributed by atoms with Gasteiger partial charge in [0.25, 0.3) is 0 Å². The van der Waals surface area contributed by atoms with Crippen molar-refractivity contribution in [3.8, 4) is 0 Å². The number of carbonyl (C=O) groups excluding carboxylic acids is 1. The van der Waals surface area contributed by atoms with E-state index in [2.05, 4.69) is 4.74 Å². The summed E-state index contributed by atoms with van der Waals surface area (Å²) in [5, 5.41) is 10.2. The summed E-state index contributed by atoms with van der Waals surface area (Å²) in [6, 6.07) is 0. The van der Waals surface area contributed by atoms with Crippen molar-refractivity contribution in [2.45, 2.75) is 88.9 Å². The normalized spacial score (nSPS) is 33.3. The number of fused-ring (bicyclic) bond motifs is 1. The van der Waals surface area contributed by atoms with Crippen LogP contribution in [0.2, 0.25) is 0 Å². The molecule has 4 nitrogen and oxygen atoms in total. The lowest BCUT2D eigenvalue weighted by atomic mass is 9.87. The third-order valence-corrected chi connectivity index (χ3v) is 5.97. The molecule has 0 aromatic carbocycles. The van der Waals surface area contributed by atoms with Crippen molar-refractivity contribution in [3.63, 3.8) is 0 Å². The fourth-order valence-corrected chi connectivity index (χ4v) is 4.14. The van der Waals surface area contributed by atoms with Crippen LogP contribution in [0.4, 0.5) is 8.78 Å². The summed E-state index contributed by atoms with van der Waals surface area (Å²) >= 11 is 0. The van der Waals surface area contributed by atoms with Gasteiger partial charge in [-0.15, -0.1) is 0 Å². The summed E-state index contributed by atoms with van der Waals surface area (Å²) in [6.07, 6.45) is 7.76. The first-order valence-corrected chi connectivity index (χ1v) is 10.4. The molecule has 1 aliphatic heterocycles. The first-order valence-electron chi connectivity index (χ1n) is 10.4. The van der Waals surface area contributed by atoms with Gasteiger partial charge in [-0.2, -0.15) is 0 Å². The maximum Gasteiger partial charge on any atom is 0.305 e. The molecule has 2 rings (SSSR count). The van der Waals surface area contributed by atoms with E-state index in [0.717, 1.165) is 25.7 Å². The number of allylic oxidation sites excluding steroid dienone is 2. The SMILES string of the molecule is CCCCC(C)(F)[C@H](O)/C=C/[C@H]1CC[C@H]2O[C@H](/C=C/CCC(=O)OC)C(F)[C@H]12. The smallest absolute Gasteiger partial charge is 0.305 e. The van der Waals surface area contributed by atoms with Crippen molar-refractivity contribution in [1.29, 1.82) is 0 Å². The summed E-state index contributed by atoms with van der Waals surface area (Å²) in [7, 11) is 1.34. The number of unbranched alkanes of at least 4 members (excludes halogenated alkanes) is 1. The van der Waals surface area contributed by atoms with Crippen LogP contribution in [-0.2, 0) is 14.3 Å². The number of aliphatic hydroxyl groups is 1. The third-order valence-electron chi connectivity index (χ3n) is 5.97. The molecule has 0 radical (unpaired) electrons. The molecular formula is C22H34F2O4. The highest BCUT2D eigenvalue weighted by molar-refractivity contribution is 5.69. The van der Waals surface area contributed by atoms with Gasteiger partial charge in [-0.05, 0) is 38.5 Å². The van der Waals surface area contributed by atoms with Crippen LogP contribution in [0.25, 0.3) is 0 Å². The van der Waals surface area contributed by atoms with Crippen LogP contribution in [0.5, 0.6) is 0 Å². The van der Waals surface area contributed by atoms with Gasteiger partial charge in [-0.3, -0.25) is 4.79 Å². The molecule has 0 aromatic heterocycles. The van der Waals surface area contributed by atoms with E-state index in [1.807, 2.05) is 6.92 Å². The van der Waals surface area contributed by atoms with Crippen molar-refractivity contribution >= 4 is 5.97 Å². The minimum atomic E-state index is -1.67. The molecule has 2 unspecified atom stereocenters. The van der Waals surface area contributed by atoms with E-state index in [9.17, 15) is 18.7 Å². The molecule has 0 aromatic rings. The molecule has 2 aliphatic rings. The molecule has 6 heteroatoms. The van der Waals surface area contributed by atoms with Crippen LogP contribution >= 0.6 is 0 Å². The number of halogens is 2. The van der Waals surface area contributed by atoms with Gasteiger partial charge in [0.15, 0.2) is 0 Å². The summed E-state index contributed by atoms with van der Waals surface area (Å²) in [4.78, 5) is 11.1. The number of esters is 1. The standard InChI is InChI=1S/C22H34F2O4/c1-4-5-14-22(2,24)18(25)13-11-15-10-12-16-20(15)21(23)17(28-16)8-6-7-9-19(26)27-3/h6,8,11,13,15-18,20-21,25H,4-5,7,9-10,12,14H2,1-3H3/b8-6+,13-11+/t15-,16-,17-,18-,20-,21?,22?/m1/s1. The van der Waals surface area contributed by atoms with Gasteiger partial charge in [-0.25, -0.2) is 8.78 Å². The van der Waals surface area contributed by atoms with Crippen LogP contribution in [0.15, 0.2) is 24.3 Å². The minimum Gasteiger partial charge on any atom is -0.469 e. The molecule has 1 heterocycles. The van der Waals surface area contributed by atoms with Gasteiger partial charge in [0.05, 0.1) is 13.2 Å². The van der Waals surface area contributed by atoms with Gasteiger partial charge < -0.3 is 14.6 Å². The number of hydrogen-bond donors (Lipinski definition) is 1. The zero-order valence-electron chi connectivity index (χ0n) is 17.2. The number of carbonyl (C=O) groups is 1. The average molecular weight is 401 g/mol. The molecule has 7 atom stereocenters. The molecule has 1 saturated carbocycles. The van der Waals surface area contributed by atoms with E-state index in [-0.39, 0.29) is 30.3 Å². The Balaban J connectivity index is 1.90. The number of alkyl halides is 2. The van der Waals surface area contributed by atoms with Gasteiger partial charge in [0, 0.05) is 12.3 Å². The Hall–Kier alpha value is -1.27. The lowest BCUT2D eigenvalue weighted by molar-refractivity contribution is -0.140. The Morgan fingerprint density at radius 2 is 2.14 bits per heavy atom. The Bertz CT molecular complexity index is 561. The van der Waals surface area contributed by atoms with E-state index in [0.29, 0.717) is 12.8 Å². The number of aliphatic hydroxyl groups excluding tert-OH is 1. The van der Waals surface area contributed by atoms with Crippen molar-refractivity contribution in [2.75, 3.05) is 7.11 Å². The molecule has 0 amide bonds. The van der Waals surface area contributed by atoms with Crippen molar-refractivity contribution in [1.82, 2.24) is 0 Å². The molecule has 0 bridgehead atoms. The highest BCUT2D eigenvalue weighted by Crippen LogP contribution is 2.46. The number of ether oxygens (including phenoxy) is 2. The van der Waals surface area contributed by atoms with E-state index >= 15 is 0 Å². The highest BCUT2D eigenvalue weighted by Gasteiger charge is 2.50. The van der Waals surface area contributed by atoms with Crippen LogP contribution < -0.4 is 0 Å². The first kappa shape index (κ1) is 23.0. The first-order chi connectivity index (χ1) is 13.3. The Kier molecular flexibility index (Phi) is 8.62. The summed E-state index contributed by atoms with van der Waals surface area (Å²) in [5.74, 6) is -0.640. The lowest BCUT2D eigenvalue weighted by Crippen LogP contribution is -2.33. The van der Waals surface area contributed by atoms with Crippen LogP contribution in [-0.4, -0.2) is 48.3 Å². The second-order valence-electron chi connectivity index (χ2n) is 8.16.